The lowest BCUT2D eigenvalue weighted by Gasteiger charge is -2.19. The largest absolute Gasteiger partial charge is 0.481 e. The van der Waals surface area contributed by atoms with Crippen LogP contribution in [-0.2, 0) is 17.6 Å². The van der Waals surface area contributed by atoms with Crippen LogP contribution < -0.4 is 5.32 Å². The normalized spacial score (nSPS) is 17.6. The van der Waals surface area contributed by atoms with Gasteiger partial charge >= 0.3 is 5.97 Å². The Labute approximate surface area is 123 Å². The summed E-state index contributed by atoms with van der Waals surface area (Å²) in [4.78, 5) is 24.5. The number of carbonyl (C=O) groups excluding carboxylic acids is 1. The monoisotopic (exact) mass is 295 g/mol. The molecule has 4 nitrogen and oxygen atoms in total. The van der Waals surface area contributed by atoms with Gasteiger partial charge in [-0.05, 0) is 43.2 Å². The number of thiophene rings is 1. The Hall–Kier alpha value is -1.36. The van der Waals surface area contributed by atoms with Crippen LogP contribution in [0.3, 0.4) is 0 Å². The van der Waals surface area contributed by atoms with E-state index in [9.17, 15) is 9.59 Å². The maximum Gasteiger partial charge on any atom is 0.303 e. The topological polar surface area (TPSA) is 66.4 Å². The molecular weight excluding hydrogens is 274 g/mol. The molecule has 1 atom stereocenters. The first-order valence-electron chi connectivity index (χ1n) is 7.21. The highest BCUT2D eigenvalue weighted by atomic mass is 32.1. The minimum absolute atomic E-state index is 0.0668. The van der Waals surface area contributed by atoms with Crippen molar-refractivity contribution in [3.8, 4) is 0 Å². The van der Waals surface area contributed by atoms with Crippen LogP contribution in [0.25, 0.3) is 0 Å². The number of hydrogen-bond acceptors (Lipinski definition) is 3. The summed E-state index contributed by atoms with van der Waals surface area (Å²) in [5.41, 5.74) is 1.34. The third kappa shape index (κ3) is 3.82. The second-order valence-corrected chi connectivity index (χ2v) is 6.47. The molecule has 110 valence electrons. The van der Waals surface area contributed by atoms with Crippen molar-refractivity contribution in [1.82, 2.24) is 5.32 Å². The number of carboxylic acids is 1. The average molecular weight is 295 g/mol. The van der Waals surface area contributed by atoms with Gasteiger partial charge in [-0.3, -0.25) is 9.59 Å². The number of carbonyl (C=O) groups is 2. The van der Waals surface area contributed by atoms with Crippen LogP contribution in [0.4, 0.5) is 0 Å². The molecule has 20 heavy (non-hydrogen) atoms. The molecule has 0 bridgehead atoms. The van der Waals surface area contributed by atoms with Crippen molar-refractivity contribution >= 4 is 23.2 Å². The Kier molecular flexibility index (Phi) is 5.17. The number of hydrogen-bond donors (Lipinski definition) is 2. The van der Waals surface area contributed by atoms with E-state index in [1.807, 2.05) is 6.07 Å². The fourth-order valence-corrected chi connectivity index (χ4v) is 3.71. The van der Waals surface area contributed by atoms with Gasteiger partial charge in [-0.15, -0.1) is 11.3 Å². The van der Waals surface area contributed by atoms with E-state index >= 15 is 0 Å². The number of fused-ring (bicyclic) bond motifs is 1. The van der Waals surface area contributed by atoms with Crippen molar-refractivity contribution in [1.29, 1.82) is 0 Å². The molecule has 0 aliphatic heterocycles. The van der Waals surface area contributed by atoms with Crippen LogP contribution in [0, 0.1) is 5.92 Å². The smallest absolute Gasteiger partial charge is 0.303 e. The first kappa shape index (κ1) is 15.0. The zero-order valence-corrected chi connectivity index (χ0v) is 12.6. The number of aliphatic carboxylic acids is 1. The molecule has 1 aromatic heterocycles. The molecule has 1 aliphatic carbocycles. The second kappa shape index (κ2) is 6.88. The van der Waals surface area contributed by atoms with Crippen LogP contribution in [0.15, 0.2) is 6.07 Å². The standard InChI is InChI=1S/C15H21NO3S/c1-2-10-5-6-12-11(8-10)9-13(20-12)15(19)16-7-3-4-14(17)18/h9-10H,2-8H2,1H3,(H,16,19)(H,17,18). The van der Waals surface area contributed by atoms with Crippen LogP contribution in [0.2, 0.25) is 0 Å². The van der Waals surface area contributed by atoms with Gasteiger partial charge in [0, 0.05) is 17.8 Å². The third-order valence-corrected chi connectivity index (χ3v) is 5.07. The highest BCUT2D eigenvalue weighted by Gasteiger charge is 2.21. The summed E-state index contributed by atoms with van der Waals surface area (Å²) in [6, 6.07) is 2.02. The maximum atomic E-state index is 12.0. The van der Waals surface area contributed by atoms with Crippen LogP contribution in [0.5, 0.6) is 0 Å². The molecule has 2 rings (SSSR count). The molecule has 0 saturated heterocycles. The minimum Gasteiger partial charge on any atom is -0.481 e. The van der Waals surface area contributed by atoms with E-state index in [2.05, 4.69) is 12.2 Å². The number of aryl methyl sites for hydroxylation is 1. The summed E-state index contributed by atoms with van der Waals surface area (Å²) in [5.74, 6) is -0.136. The van der Waals surface area contributed by atoms with Crippen molar-refractivity contribution in [2.24, 2.45) is 5.92 Å². The molecule has 0 spiro atoms. The molecular formula is C15H21NO3S. The number of nitrogens with one attached hydrogen (secondary N) is 1. The highest BCUT2D eigenvalue weighted by Crippen LogP contribution is 2.33. The third-order valence-electron chi connectivity index (χ3n) is 3.84. The lowest BCUT2D eigenvalue weighted by Crippen LogP contribution is -2.24. The van der Waals surface area contributed by atoms with Gasteiger partial charge in [-0.25, -0.2) is 0 Å². The zero-order valence-electron chi connectivity index (χ0n) is 11.8. The van der Waals surface area contributed by atoms with Gasteiger partial charge in [0.1, 0.15) is 0 Å². The molecule has 1 amide bonds. The fraction of sp³-hybridized carbons (Fsp3) is 0.600. The zero-order chi connectivity index (χ0) is 14.5. The Morgan fingerprint density at radius 1 is 1.50 bits per heavy atom. The molecule has 0 fully saturated rings. The van der Waals surface area contributed by atoms with E-state index < -0.39 is 5.97 Å². The molecule has 0 aromatic carbocycles. The Bertz CT molecular complexity index is 495. The van der Waals surface area contributed by atoms with Crippen molar-refractivity contribution in [3.63, 3.8) is 0 Å². The van der Waals surface area contributed by atoms with Gasteiger partial charge < -0.3 is 10.4 Å². The maximum absolute atomic E-state index is 12.0. The van der Waals surface area contributed by atoms with E-state index in [1.54, 1.807) is 11.3 Å². The summed E-state index contributed by atoms with van der Waals surface area (Å²) < 4.78 is 0. The van der Waals surface area contributed by atoms with Crippen LogP contribution >= 0.6 is 11.3 Å². The van der Waals surface area contributed by atoms with Crippen LogP contribution in [-0.4, -0.2) is 23.5 Å². The molecule has 1 unspecified atom stereocenters. The first-order chi connectivity index (χ1) is 9.60. The molecule has 2 N–H and O–H groups in total. The van der Waals surface area contributed by atoms with Crippen molar-refractivity contribution < 1.29 is 14.7 Å². The Balaban J connectivity index is 1.88. The highest BCUT2D eigenvalue weighted by molar-refractivity contribution is 7.14. The number of carboxylic acid groups (broad SMARTS) is 1. The fourth-order valence-electron chi connectivity index (χ4n) is 2.59. The Morgan fingerprint density at radius 3 is 3.00 bits per heavy atom. The van der Waals surface area contributed by atoms with E-state index in [1.165, 1.54) is 23.3 Å². The van der Waals surface area contributed by atoms with E-state index in [0.717, 1.165) is 23.6 Å². The van der Waals surface area contributed by atoms with Gasteiger partial charge in [0.2, 0.25) is 0 Å². The predicted octanol–water partition coefficient (Wildman–Crippen LogP) is 2.86. The molecule has 1 aliphatic rings. The van der Waals surface area contributed by atoms with E-state index in [-0.39, 0.29) is 12.3 Å². The first-order valence-corrected chi connectivity index (χ1v) is 8.03. The number of rotatable bonds is 6. The summed E-state index contributed by atoms with van der Waals surface area (Å²) in [5, 5.41) is 11.3. The van der Waals surface area contributed by atoms with E-state index in [0.29, 0.717) is 13.0 Å². The van der Waals surface area contributed by atoms with Gasteiger partial charge in [0.15, 0.2) is 0 Å². The lowest BCUT2D eigenvalue weighted by molar-refractivity contribution is -0.137. The van der Waals surface area contributed by atoms with Gasteiger partial charge in [-0.2, -0.15) is 0 Å². The van der Waals surface area contributed by atoms with Crippen LogP contribution in [0.1, 0.15) is 52.7 Å². The van der Waals surface area contributed by atoms with Gasteiger partial charge in [0.05, 0.1) is 4.88 Å². The summed E-state index contributed by atoms with van der Waals surface area (Å²) in [6.07, 6.45) is 5.18. The minimum atomic E-state index is -0.823. The molecule has 5 heteroatoms. The Morgan fingerprint density at radius 2 is 2.30 bits per heavy atom. The van der Waals surface area contributed by atoms with E-state index in [4.69, 9.17) is 5.11 Å². The summed E-state index contributed by atoms with van der Waals surface area (Å²) in [6.45, 7) is 2.64. The van der Waals surface area contributed by atoms with Gasteiger partial charge in [-0.1, -0.05) is 13.3 Å². The SMILES string of the molecule is CCC1CCc2sc(C(=O)NCCCC(=O)O)cc2C1. The lowest BCUT2D eigenvalue weighted by atomic mass is 9.87. The quantitative estimate of drug-likeness (QED) is 0.793. The van der Waals surface area contributed by atoms with Crippen molar-refractivity contribution in [2.75, 3.05) is 6.54 Å². The average Bonchev–Trinajstić information content (AvgIpc) is 2.85. The molecule has 1 aromatic rings. The predicted molar refractivity (Wildman–Crippen MR) is 79.3 cm³/mol. The molecule has 1 heterocycles. The molecule has 0 radical (unpaired) electrons. The van der Waals surface area contributed by atoms with Crippen molar-refractivity contribution in [3.05, 3.63) is 21.4 Å². The molecule has 0 saturated carbocycles. The van der Waals surface area contributed by atoms with Crippen molar-refractivity contribution in [2.45, 2.75) is 45.4 Å². The summed E-state index contributed by atoms with van der Waals surface area (Å²) in [7, 11) is 0. The second-order valence-electron chi connectivity index (χ2n) is 5.33. The summed E-state index contributed by atoms with van der Waals surface area (Å²) >= 11 is 1.59. The van der Waals surface area contributed by atoms with Gasteiger partial charge in [0.25, 0.3) is 5.91 Å². The number of amides is 1.